The first kappa shape index (κ1) is 11.1. The minimum atomic E-state index is 0.725. The highest BCUT2D eigenvalue weighted by molar-refractivity contribution is 6.25. The van der Waals surface area contributed by atoms with Gasteiger partial charge in [0.05, 0.1) is 0 Å². The molecule has 1 aliphatic carbocycles. The van der Waals surface area contributed by atoms with Gasteiger partial charge in [0.2, 0.25) is 0 Å². The van der Waals surface area contributed by atoms with Crippen LogP contribution in [0.3, 0.4) is 0 Å². The van der Waals surface area contributed by atoms with Gasteiger partial charge in [0.25, 0.3) is 0 Å². The predicted octanol–water partition coefficient (Wildman–Crippen LogP) is 3.30. The van der Waals surface area contributed by atoms with Gasteiger partial charge in [-0.25, -0.2) is 0 Å². The summed E-state index contributed by atoms with van der Waals surface area (Å²) in [6, 6.07) is 0.725. The standard InChI is InChI=1S/C11H20ClN/c1-9-3-5-11(6-4-9)13-8-10(2)7-12/h7,9,11,13H,3-6,8H2,1-2H3. The van der Waals surface area contributed by atoms with Gasteiger partial charge in [0, 0.05) is 18.1 Å². The molecular weight excluding hydrogens is 182 g/mol. The summed E-state index contributed by atoms with van der Waals surface area (Å²) in [6.07, 6.45) is 5.41. The van der Waals surface area contributed by atoms with E-state index in [2.05, 4.69) is 19.2 Å². The lowest BCUT2D eigenvalue weighted by Gasteiger charge is -2.27. The molecule has 0 amide bonds. The second kappa shape index (κ2) is 5.66. The molecule has 1 N–H and O–H groups in total. The van der Waals surface area contributed by atoms with Crippen LogP contribution in [0.25, 0.3) is 0 Å². The summed E-state index contributed by atoms with van der Waals surface area (Å²) in [5, 5.41) is 3.54. The number of hydrogen-bond donors (Lipinski definition) is 1. The molecule has 1 saturated carbocycles. The van der Waals surface area contributed by atoms with Crippen molar-refractivity contribution in [3.8, 4) is 0 Å². The van der Waals surface area contributed by atoms with Crippen LogP contribution in [0, 0.1) is 5.92 Å². The Morgan fingerprint density at radius 3 is 2.54 bits per heavy atom. The average molecular weight is 202 g/mol. The van der Waals surface area contributed by atoms with E-state index in [0.717, 1.165) is 18.5 Å². The summed E-state index contributed by atoms with van der Waals surface area (Å²) in [5.41, 5.74) is 2.89. The molecule has 1 fully saturated rings. The van der Waals surface area contributed by atoms with Gasteiger partial charge in [-0.1, -0.05) is 18.5 Å². The van der Waals surface area contributed by atoms with Crippen molar-refractivity contribution in [1.29, 1.82) is 0 Å². The van der Waals surface area contributed by atoms with Crippen molar-refractivity contribution in [2.45, 2.75) is 45.6 Å². The second-order valence-electron chi connectivity index (χ2n) is 4.29. The van der Waals surface area contributed by atoms with Crippen LogP contribution in [0.15, 0.2) is 11.1 Å². The molecule has 0 aliphatic heterocycles. The fourth-order valence-electron chi connectivity index (χ4n) is 1.81. The molecule has 76 valence electrons. The van der Waals surface area contributed by atoms with E-state index in [-0.39, 0.29) is 0 Å². The van der Waals surface area contributed by atoms with E-state index >= 15 is 0 Å². The topological polar surface area (TPSA) is 12.0 Å². The normalized spacial score (nSPS) is 30.5. The highest BCUT2D eigenvalue weighted by Crippen LogP contribution is 2.23. The number of nitrogens with one attached hydrogen (secondary N) is 1. The summed E-state index contributed by atoms with van der Waals surface area (Å²) in [6.45, 7) is 5.36. The molecule has 0 atom stereocenters. The highest BCUT2D eigenvalue weighted by atomic mass is 35.5. The van der Waals surface area contributed by atoms with Crippen LogP contribution < -0.4 is 5.32 Å². The maximum absolute atomic E-state index is 5.59. The lowest BCUT2D eigenvalue weighted by Crippen LogP contribution is -2.33. The van der Waals surface area contributed by atoms with Crippen LogP contribution in [-0.4, -0.2) is 12.6 Å². The van der Waals surface area contributed by atoms with E-state index in [0.29, 0.717) is 0 Å². The summed E-state index contributed by atoms with van der Waals surface area (Å²) in [4.78, 5) is 0. The molecule has 0 radical (unpaired) electrons. The van der Waals surface area contributed by atoms with E-state index in [9.17, 15) is 0 Å². The molecule has 0 heterocycles. The third-order valence-electron chi connectivity index (χ3n) is 2.87. The molecule has 1 rings (SSSR count). The zero-order valence-electron chi connectivity index (χ0n) is 8.65. The van der Waals surface area contributed by atoms with E-state index in [1.807, 2.05) is 0 Å². The van der Waals surface area contributed by atoms with Crippen molar-refractivity contribution in [3.05, 3.63) is 11.1 Å². The minimum absolute atomic E-state index is 0.725. The van der Waals surface area contributed by atoms with Crippen molar-refractivity contribution in [2.24, 2.45) is 5.92 Å². The zero-order valence-corrected chi connectivity index (χ0v) is 9.40. The fraction of sp³-hybridized carbons (Fsp3) is 0.818. The van der Waals surface area contributed by atoms with Crippen LogP contribution >= 0.6 is 11.6 Å². The molecule has 0 bridgehead atoms. The lowest BCUT2D eigenvalue weighted by atomic mass is 9.87. The van der Waals surface area contributed by atoms with Gasteiger partial charge in [0.15, 0.2) is 0 Å². The summed E-state index contributed by atoms with van der Waals surface area (Å²) >= 11 is 5.59. The third-order valence-corrected chi connectivity index (χ3v) is 3.24. The monoisotopic (exact) mass is 201 g/mol. The molecular formula is C11H20ClN. The minimum Gasteiger partial charge on any atom is -0.310 e. The van der Waals surface area contributed by atoms with Gasteiger partial charge < -0.3 is 5.32 Å². The van der Waals surface area contributed by atoms with Crippen molar-refractivity contribution in [3.63, 3.8) is 0 Å². The van der Waals surface area contributed by atoms with Crippen molar-refractivity contribution >= 4 is 11.6 Å². The Labute approximate surface area is 86.5 Å². The maximum atomic E-state index is 5.59. The lowest BCUT2D eigenvalue weighted by molar-refractivity contribution is 0.313. The maximum Gasteiger partial charge on any atom is 0.0176 e. The van der Waals surface area contributed by atoms with Crippen LogP contribution in [-0.2, 0) is 0 Å². The number of hydrogen-bond acceptors (Lipinski definition) is 1. The Kier molecular flexibility index (Phi) is 4.82. The fourth-order valence-corrected chi connectivity index (χ4v) is 1.89. The van der Waals surface area contributed by atoms with E-state index < -0.39 is 0 Å². The Bertz CT molecular complexity index is 169. The largest absolute Gasteiger partial charge is 0.310 e. The van der Waals surface area contributed by atoms with E-state index in [1.165, 1.54) is 31.3 Å². The van der Waals surface area contributed by atoms with E-state index in [4.69, 9.17) is 11.6 Å². The molecule has 13 heavy (non-hydrogen) atoms. The van der Waals surface area contributed by atoms with Crippen LogP contribution in [0.5, 0.6) is 0 Å². The first-order chi connectivity index (χ1) is 6.22. The summed E-state index contributed by atoms with van der Waals surface area (Å²) in [7, 11) is 0. The molecule has 0 aromatic rings. The number of rotatable bonds is 3. The van der Waals surface area contributed by atoms with Crippen LogP contribution in [0.1, 0.15) is 39.5 Å². The Balaban J connectivity index is 2.16. The number of halogens is 1. The zero-order chi connectivity index (χ0) is 9.68. The highest BCUT2D eigenvalue weighted by Gasteiger charge is 2.16. The van der Waals surface area contributed by atoms with Crippen molar-refractivity contribution in [2.75, 3.05) is 6.54 Å². The van der Waals surface area contributed by atoms with Gasteiger partial charge in [-0.3, -0.25) is 0 Å². The third kappa shape index (κ3) is 4.15. The average Bonchev–Trinajstić information content (AvgIpc) is 2.16. The molecule has 0 unspecified atom stereocenters. The molecule has 0 aromatic carbocycles. The Morgan fingerprint density at radius 1 is 1.38 bits per heavy atom. The van der Waals surface area contributed by atoms with Gasteiger partial charge >= 0.3 is 0 Å². The van der Waals surface area contributed by atoms with Crippen molar-refractivity contribution < 1.29 is 0 Å². The van der Waals surface area contributed by atoms with Gasteiger partial charge in [-0.2, -0.15) is 0 Å². The molecule has 0 saturated heterocycles. The molecule has 0 spiro atoms. The van der Waals surface area contributed by atoms with Crippen LogP contribution in [0.2, 0.25) is 0 Å². The van der Waals surface area contributed by atoms with Gasteiger partial charge in [-0.05, 0) is 44.1 Å². The Hall–Kier alpha value is -0.0100. The SMILES string of the molecule is CC(=CCl)CNC1CCC(C)CC1. The quantitative estimate of drug-likeness (QED) is 0.739. The predicted molar refractivity (Wildman–Crippen MR) is 59.0 cm³/mol. The van der Waals surface area contributed by atoms with Crippen LogP contribution in [0.4, 0.5) is 0 Å². The smallest absolute Gasteiger partial charge is 0.0176 e. The molecule has 1 nitrogen and oxygen atoms in total. The second-order valence-corrected chi connectivity index (χ2v) is 4.51. The molecule has 2 heteroatoms. The van der Waals surface area contributed by atoms with Gasteiger partial charge in [0.1, 0.15) is 0 Å². The first-order valence-corrected chi connectivity index (χ1v) is 5.65. The molecule has 0 aromatic heterocycles. The summed E-state index contributed by atoms with van der Waals surface area (Å²) < 4.78 is 0. The van der Waals surface area contributed by atoms with E-state index in [1.54, 1.807) is 5.54 Å². The first-order valence-electron chi connectivity index (χ1n) is 5.21. The molecule has 1 aliphatic rings. The van der Waals surface area contributed by atoms with Gasteiger partial charge in [-0.15, -0.1) is 0 Å². The van der Waals surface area contributed by atoms with Crippen molar-refractivity contribution in [1.82, 2.24) is 5.32 Å². The Morgan fingerprint density at radius 2 is 2.00 bits per heavy atom. The summed E-state index contributed by atoms with van der Waals surface area (Å²) in [5.74, 6) is 0.933.